The van der Waals surface area contributed by atoms with Crippen LogP contribution < -0.4 is 4.74 Å². The average molecular weight is 281 g/mol. The average Bonchev–Trinajstić information content (AvgIpc) is 2.84. The Balaban J connectivity index is 2.05. The molecule has 1 saturated heterocycles. The molecule has 1 heterocycles. The first kappa shape index (κ1) is 14.8. The highest BCUT2D eigenvalue weighted by atomic mass is 19.1. The highest BCUT2D eigenvalue weighted by molar-refractivity contribution is 5.75. The topological polar surface area (TPSA) is 49.8 Å². The number of methoxy groups -OCH3 is 1. The second-order valence-electron chi connectivity index (χ2n) is 5.37. The summed E-state index contributed by atoms with van der Waals surface area (Å²) in [7, 11) is 1.43. The number of hydrogen-bond acceptors (Lipinski definition) is 3. The first-order chi connectivity index (χ1) is 9.50. The second-order valence-corrected chi connectivity index (χ2v) is 5.37. The number of carboxylic acid groups (broad SMARTS) is 1. The summed E-state index contributed by atoms with van der Waals surface area (Å²) in [5, 5.41) is 9.36. The molecule has 1 N–H and O–H groups in total. The Hall–Kier alpha value is -1.62. The van der Waals surface area contributed by atoms with Crippen LogP contribution in [0.1, 0.15) is 25.3 Å². The lowest BCUT2D eigenvalue weighted by atomic mass is 9.84. The van der Waals surface area contributed by atoms with Crippen LogP contribution >= 0.6 is 0 Å². The maximum atomic E-state index is 13.6. The molecule has 1 aliphatic rings. The van der Waals surface area contributed by atoms with Crippen molar-refractivity contribution >= 4 is 5.97 Å². The number of halogens is 1. The largest absolute Gasteiger partial charge is 0.494 e. The summed E-state index contributed by atoms with van der Waals surface area (Å²) in [6, 6.07) is 4.87. The molecule has 0 saturated carbocycles. The molecule has 1 aliphatic heterocycles. The van der Waals surface area contributed by atoms with Gasteiger partial charge in [0.25, 0.3) is 0 Å². The zero-order valence-electron chi connectivity index (χ0n) is 11.9. The molecule has 0 amide bonds. The van der Waals surface area contributed by atoms with Gasteiger partial charge in [0, 0.05) is 13.1 Å². The van der Waals surface area contributed by atoms with E-state index in [1.165, 1.54) is 13.2 Å². The van der Waals surface area contributed by atoms with Gasteiger partial charge in [-0.05, 0) is 37.1 Å². The van der Waals surface area contributed by atoms with Crippen molar-refractivity contribution in [2.75, 3.05) is 20.2 Å². The number of carboxylic acids is 1. The summed E-state index contributed by atoms with van der Waals surface area (Å²) < 4.78 is 18.5. The Labute approximate surface area is 118 Å². The zero-order chi connectivity index (χ0) is 14.8. The van der Waals surface area contributed by atoms with Gasteiger partial charge < -0.3 is 9.84 Å². The summed E-state index contributed by atoms with van der Waals surface area (Å²) in [5.74, 6) is -0.892. The Kier molecular flexibility index (Phi) is 4.28. The molecule has 1 aromatic rings. The smallest absolute Gasteiger partial charge is 0.310 e. The number of benzene rings is 1. The minimum Gasteiger partial charge on any atom is -0.494 e. The van der Waals surface area contributed by atoms with E-state index in [-0.39, 0.29) is 11.6 Å². The van der Waals surface area contributed by atoms with Crippen LogP contribution in [-0.2, 0) is 11.3 Å². The van der Waals surface area contributed by atoms with Crippen LogP contribution in [-0.4, -0.2) is 36.2 Å². The third-order valence-electron chi connectivity index (χ3n) is 4.19. The predicted molar refractivity (Wildman–Crippen MR) is 73.2 cm³/mol. The highest BCUT2D eigenvalue weighted by Gasteiger charge is 2.43. The van der Waals surface area contributed by atoms with Crippen LogP contribution in [0.2, 0.25) is 0 Å². The molecule has 0 aliphatic carbocycles. The molecule has 20 heavy (non-hydrogen) atoms. The van der Waals surface area contributed by atoms with Gasteiger partial charge in [0.15, 0.2) is 11.6 Å². The maximum Gasteiger partial charge on any atom is 0.310 e. The Morgan fingerprint density at radius 1 is 1.55 bits per heavy atom. The lowest BCUT2D eigenvalue weighted by molar-refractivity contribution is -0.148. The molecule has 0 spiro atoms. The van der Waals surface area contributed by atoms with Crippen molar-refractivity contribution in [2.45, 2.75) is 26.3 Å². The van der Waals surface area contributed by atoms with Crippen LogP contribution in [0.5, 0.6) is 5.75 Å². The van der Waals surface area contributed by atoms with Crippen molar-refractivity contribution in [2.24, 2.45) is 5.41 Å². The molecule has 2 rings (SSSR count). The Morgan fingerprint density at radius 2 is 2.30 bits per heavy atom. The van der Waals surface area contributed by atoms with Crippen molar-refractivity contribution < 1.29 is 19.0 Å². The molecule has 5 heteroatoms. The number of likely N-dealkylation sites (tertiary alicyclic amines) is 1. The monoisotopic (exact) mass is 281 g/mol. The van der Waals surface area contributed by atoms with E-state index in [0.29, 0.717) is 25.9 Å². The van der Waals surface area contributed by atoms with Gasteiger partial charge in [-0.3, -0.25) is 9.69 Å². The molecule has 110 valence electrons. The van der Waals surface area contributed by atoms with E-state index in [2.05, 4.69) is 4.90 Å². The van der Waals surface area contributed by atoms with Gasteiger partial charge in [0.2, 0.25) is 0 Å². The van der Waals surface area contributed by atoms with E-state index >= 15 is 0 Å². The number of aliphatic carboxylic acids is 1. The van der Waals surface area contributed by atoms with Crippen molar-refractivity contribution in [3.05, 3.63) is 29.6 Å². The number of carbonyl (C=O) groups is 1. The molecular weight excluding hydrogens is 261 g/mol. The van der Waals surface area contributed by atoms with E-state index in [1.807, 2.05) is 13.0 Å². The van der Waals surface area contributed by atoms with E-state index in [1.54, 1.807) is 6.07 Å². The molecule has 0 radical (unpaired) electrons. The second kappa shape index (κ2) is 5.79. The number of hydrogen-bond donors (Lipinski definition) is 1. The van der Waals surface area contributed by atoms with Crippen LogP contribution in [0.25, 0.3) is 0 Å². The lowest BCUT2D eigenvalue weighted by Gasteiger charge is -2.23. The van der Waals surface area contributed by atoms with Gasteiger partial charge in [0.05, 0.1) is 12.5 Å². The minimum absolute atomic E-state index is 0.226. The quantitative estimate of drug-likeness (QED) is 0.901. The van der Waals surface area contributed by atoms with Gasteiger partial charge in [0.1, 0.15) is 0 Å². The fourth-order valence-corrected chi connectivity index (χ4v) is 2.77. The van der Waals surface area contributed by atoms with Crippen LogP contribution in [0, 0.1) is 11.2 Å². The summed E-state index contributed by atoms with van der Waals surface area (Å²) in [6.07, 6.45) is 1.27. The van der Waals surface area contributed by atoms with Crippen LogP contribution in [0.4, 0.5) is 4.39 Å². The standard InChI is InChI=1S/C15H20FNO3/c1-3-15(14(18)19)6-7-17(10-15)9-11-4-5-13(20-2)12(16)8-11/h4-5,8H,3,6-7,9-10H2,1-2H3,(H,18,19). The first-order valence-corrected chi connectivity index (χ1v) is 6.79. The predicted octanol–water partition coefficient (Wildman–Crippen LogP) is 2.52. The number of nitrogens with zero attached hydrogens (tertiary/aromatic N) is 1. The molecule has 0 bridgehead atoms. The minimum atomic E-state index is -0.733. The third kappa shape index (κ3) is 2.77. The molecule has 1 fully saturated rings. The maximum absolute atomic E-state index is 13.6. The molecule has 1 unspecified atom stereocenters. The zero-order valence-corrected chi connectivity index (χ0v) is 11.9. The molecule has 0 aromatic heterocycles. The van der Waals surface area contributed by atoms with Gasteiger partial charge in [-0.2, -0.15) is 0 Å². The summed E-state index contributed by atoms with van der Waals surface area (Å²) in [6.45, 7) is 3.72. The fourth-order valence-electron chi connectivity index (χ4n) is 2.77. The number of rotatable bonds is 5. The molecular formula is C15H20FNO3. The van der Waals surface area contributed by atoms with Crippen molar-refractivity contribution in [3.8, 4) is 5.75 Å². The van der Waals surface area contributed by atoms with Crippen molar-refractivity contribution in [3.63, 3.8) is 0 Å². The fraction of sp³-hybridized carbons (Fsp3) is 0.533. The van der Waals surface area contributed by atoms with Crippen molar-refractivity contribution in [1.82, 2.24) is 4.90 Å². The summed E-state index contributed by atoms with van der Waals surface area (Å²) in [5.41, 5.74) is 0.186. The number of ether oxygens (including phenoxy) is 1. The van der Waals surface area contributed by atoms with E-state index in [0.717, 1.165) is 12.1 Å². The first-order valence-electron chi connectivity index (χ1n) is 6.79. The molecule has 1 atom stereocenters. The van der Waals surface area contributed by atoms with Gasteiger partial charge in [-0.25, -0.2) is 4.39 Å². The SMILES string of the molecule is CCC1(C(=O)O)CCN(Cc2ccc(OC)c(F)c2)C1. The summed E-state index contributed by atoms with van der Waals surface area (Å²) >= 11 is 0. The van der Waals surface area contributed by atoms with E-state index < -0.39 is 11.4 Å². The van der Waals surface area contributed by atoms with Crippen LogP contribution in [0.15, 0.2) is 18.2 Å². The van der Waals surface area contributed by atoms with E-state index in [4.69, 9.17) is 4.74 Å². The van der Waals surface area contributed by atoms with Gasteiger partial charge in [-0.15, -0.1) is 0 Å². The van der Waals surface area contributed by atoms with Gasteiger partial charge in [-0.1, -0.05) is 13.0 Å². The Bertz CT molecular complexity index is 506. The third-order valence-corrected chi connectivity index (χ3v) is 4.19. The van der Waals surface area contributed by atoms with Gasteiger partial charge >= 0.3 is 5.97 Å². The highest BCUT2D eigenvalue weighted by Crippen LogP contribution is 2.35. The van der Waals surface area contributed by atoms with E-state index in [9.17, 15) is 14.3 Å². The lowest BCUT2D eigenvalue weighted by Crippen LogP contribution is -2.33. The molecule has 1 aromatic carbocycles. The molecule has 4 nitrogen and oxygen atoms in total. The normalized spacial score (nSPS) is 22.9. The van der Waals surface area contributed by atoms with Crippen LogP contribution in [0.3, 0.4) is 0 Å². The summed E-state index contributed by atoms with van der Waals surface area (Å²) in [4.78, 5) is 13.5. The Morgan fingerprint density at radius 3 is 2.80 bits per heavy atom. The van der Waals surface area contributed by atoms with Crippen molar-refractivity contribution in [1.29, 1.82) is 0 Å².